The van der Waals surface area contributed by atoms with Crippen molar-refractivity contribution < 1.29 is 18.3 Å². The third-order valence-corrected chi connectivity index (χ3v) is 3.55. The summed E-state index contributed by atoms with van der Waals surface area (Å²) in [6.07, 6.45) is -1.26. The number of hydrogen-bond acceptors (Lipinski definition) is 2. The predicted molar refractivity (Wildman–Crippen MR) is 74.5 cm³/mol. The first-order valence-corrected chi connectivity index (χ1v) is 6.59. The molecule has 0 heterocycles. The Morgan fingerprint density at radius 1 is 1.00 bits per heavy atom. The molecule has 0 aromatic heterocycles. The van der Waals surface area contributed by atoms with Crippen LogP contribution in [0.1, 0.15) is 23.1 Å². The van der Waals surface area contributed by atoms with E-state index in [-0.39, 0.29) is 17.1 Å². The van der Waals surface area contributed by atoms with E-state index in [9.17, 15) is 18.3 Å². The minimum absolute atomic E-state index is 0.0232. The minimum atomic E-state index is -1.26. The molecule has 21 heavy (non-hydrogen) atoms. The lowest BCUT2D eigenvalue weighted by Crippen LogP contribution is -2.21. The van der Waals surface area contributed by atoms with Gasteiger partial charge in [0.05, 0.1) is 6.10 Å². The summed E-state index contributed by atoms with van der Waals surface area (Å²) in [6, 6.07) is 6.43. The molecule has 0 radical (unpaired) electrons. The van der Waals surface area contributed by atoms with Crippen LogP contribution in [0, 0.1) is 17.5 Å². The summed E-state index contributed by atoms with van der Waals surface area (Å²) in [5.74, 6) is -2.83. The SMILES string of the molecule is NCC(c1ccc(F)cc1Cl)C(O)c1cc(F)cc(F)c1. The largest absolute Gasteiger partial charge is 0.388 e. The van der Waals surface area contributed by atoms with Gasteiger partial charge in [-0.15, -0.1) is 0 Å². The van der Waals surface area contributed by atoms with Crippen LogP contribution in [0.4, 0.5) is 13.2 Å². The van der Waals surface area contributed by atoms with Gasteiger partial charge < -0.3 is 10.8 Å². The second kappa shape index (κ2) is 6.47. The molecule has 0 aliphatic heterocycles. The van der Waals surface area contributed by atoms with Crippen LogP contribution in [0.5, 0.6) is 0 Å². The highest BCUT2D eigenvalue weighted by Gasteiger charge is 2.24. The summed E-state index contributed by atoms with van der Waals surface area (Å²) < 4.78 is 39.5. The Kier molecular flexibility index (Phi) is 4.88. The first-order valence-electron chi connectivity index (χ1n) is 6.21. The van der Waals surface area contributed by atoms with Gasteiger partial charge in [0.25, 0.3) is 0 Å². The predicted octanol–water partition coefficient (Wildman–Crippen LogP) is 3.53. The zero-order chi connectivity index (χ0) is 15.6. The van der Waals surface area contributed by atoms with Crippen LogP contribution < -0.4 is 5.73 Å². The van der Waals surface area contributed by atoms with Crippen molar-refractivity contribution in [2.45, 2.75) is 12.0 Å². The summed E-state index contributed by atoms with van der Waals surface area (Å²) in [7, 11) is 0. The molecule has 0 aliphatic rings. The molecule has 0 aliphatic carbocycles. The maximum absolute atomic E-state index is 13.2. The van der Waals surface area contributed by atoms with Crippen LogP contribution in [0.15, 0.2) is 36.4 Å². The Balaban J connectivity index is 2.40. The lowest BCUT2D eigenvalue weighted by atomic mass is 9.89. The van der Waals surface area contributed by atoms with Crippen molar-refractivity contribution in [2.24, 2.45) is 5.73 Å². The van der Waals surface area contributed by atoms with E-state index in [0.29, 0.717) is 11.6 Å². The van der Waals surface area contributed by atoms with Crippen molar-refractivity contribution in [2.75, 3.05) is 6.54 Å². The van der Waals surface area contributed by atoms with E-state index in [0.717, 1.165) is 18.2 Å². The van der Waals surface area contributed by atoms with E-state index < -0.39 is 29.5 Å². The topological polar surface area (TPSA) is 46.2 Å². The molecule has 2 atom stereocenters. The van der Waals surface area contributed by atoms with Crippen LogP contribution in [0.25, 0.3) is 0 Å². The fourth-order valence-corrected chi connectivity index (χ4v) is 2.51. The monoisotopic (exact) mass is 315 g/mol. The van der Waals surface area contributed by atoms with Crippen LogP contribution in [0.2, 0.25) is 5.02 Å². The van der Waals surface area contributed by atoms with Crippen molar-refractivity contribution in [1.29, 1.82) is 0 Å². The van der Waals surface area contributed by atoms with Gasteiger partial charge in [-0.3, -0.25) is 0 Å². The number of hydrogen-bond donors (Lipinski definition) is 2. The van der Waals surface area contributed by atoms with Crippen molar-refractivity contribution in [3.05, 3.63) is 70.0 Å². The highest BCUT2D eigenvalue weighted by molar-refractivity contribution is 6.31. The molecule has 0 spiro atoms. The molecule has 0 saturated heterocycles. The smallest absolute Gasteiger partial charge is 0.126 e. The Hall–Kier alpha value is -1.56. The molecule has 2 aromatic rings. The van der Waals surface area contributed by atoms with Gasteiger partial charge in [-0.2, -0.15) is 0 Å². The van der Waals surface area contributed by atoms with E-state index in [1.807, 2.05) is 0 Å². The van der Waals surface area contributed by atoms with Crippen LogP contribution in [-0.2, 0) is 0 Å². The van der Waals surface area contributed by atoms with Gasteiger partial charge in [-0.25, -0.2) is 13.2 Å². The molecule has 2 rings (SSSR count). The quantitative estimate of drug-likeness (QED) is 0.906. The lowest BCUT2D eigenvalue weighted by molar-refractivity contribution is 0.146. The standard InChI is InChI=1S/C15H13ClF3NO/c16-14-6-9(17)1-2-12(14)13(7-20)15(21)8-3-10(18)5-11(19)4-8/h1-6,13,15,21H,7,20H2. The Morgan fingerprint density at radius 3 is 2.14 bits per heavy atom. The zero-order valence-electron chi connectivity index (χ0n) is 10.9. The number of nitrogens with two attached hydrogens (primary N) is 1. The van der Waals surface area contributed by atoms with E-state index in [2.05, 4.69) is 0 Å². The Labute approximate surface area is 125 Å². The first kappa shape index (κ1) is 15.8. The second-order valence-corrected chi connectivity index (χ2v) is 5.06. The molecule has 0 saturated carbocycles. The highest BCUT2D eigenvalue weighted by Crippen LogP contribution is 2.34. The van der Waals surface area contributed by atoms with E-state index in [1.54, 1.807) is 0 Å². The number of aliphatic hydroxyl groups excluding tert-OH is 1. The Bertz CT molecular complexity index is 631. The molecule has 2 unspecified atom stereocenters. The van der Waals surface area contributed by atoms with Gasteiger partial charge in [0.1, 0.15) is 17.5 Å². The van der Waals surface area contributed by atoms with Gasteiger partial charge in [0.15, 0.2) is 0 Å². The number of halogens is 4. The molecule has 0 fully saturated rings. The average Bonchev–Trinajstić information content (AvgIpc) is 2.40. The molecule has 112 valence electrons. The number of rotatable bonds is 4. The molecule has 2 nitrogen and oxygen atoms in total. The van der Waals surface area contributed by atoms with E-state index >= 15 is 0 Å². The van der Waals surface area contributed by atoms with Gasteiger partial charge >= 0.3 is 0 Å². The Morgan fingerprint density at radius 2 is 1.62 bits per heavy atom. The van der Waals surface area contributed by atoms with Crippen molar-refractivity contribution in [1.82, 2.24) is 0 Å². The van der Waals surface area contributed by atoms with E-state index in [4.69, 9.17) is 17.3 Å². The summed E-state index contributed by atoms with van der Waals surface area (Å²) in [6.45, 7) is -0.0232. The molecular weight excluding hydrogens is 303 g/mol. The fraction of sp³-hybridized carbons (Fsp3) is 0.200. The molecule has 2 aromatic carbocycles. The van der Waals surface area contributed by atoms with E-state index in [1.165, 1.54) is 12.1 Å². The third kappa shape index (κ3) is 3.56. The van der Waals surface area contributed by atoms with Gasteiger partial charge in [-0.1, -0.05) is 17.7 Å². The molecular formula is C15H13ClF3NO. The second-order valence-electron chi connectivity index (χ2n) is 4.66. The highest BCUT2D eigenvalue weighted by atomic mass is 35.5. The van der Waals surface area contributed by atoms with Crippen LogP contribution in [0.3, 0.4) is 0 Å². The number of benzene rings is 2. The molecule has 3 N–H and O–H groups in total. The first-order chi connectivity index (χ1) is 9.92. The number of aliphatic hydroxyl groups is 1. The van der Waals surface area contributed by atoms with Crippen molar-refractivity contribution in [3.8, 4) is 0 Å². The summed E-state index contributed by atoms with van der Waals surface area (Å²) in [5, 5.41) is 10.4. The molecule has 6 heteroatoms. The molecule has 0 bridgehead atoms. The third-order valence-electron chi connectivity index (χ3n) is 3.22. The maximum Gasteiger partial charge on any atom is 0.126 e. The van der Waals surface area contributed by atoms with Gasteiger partial charge in [0, 0.05) is 23.6 Å². The maximum atomic E-state index is 13.2. The molecule has 0 amide bonds. The van der Waals surface area contributed by atoms with Crippen molar-refractivity contribution >= 4 is 11.6 Å². The van der Waals surface area contributed by atoms with Crippen LogP contribution >= 0.6 is 11.6 Å². The van der Waals surface area contributed by atoms with Gasteiger partial charge in [0.2, 0.25) is 0 Å². The summed E-state index contributed by atoms with van der Waals surface area (Å²) >= 11 is 5.94. The summed E-state index contributed by atoms with van der Waals surface area (Å²) in [4.78, 5) is 0. The zero-order valence-corrected chi connectivity index (χ0v) is 11.6. The summed E-state index contributed by atoms with van der Waals surface area (Å²) in [5.41, 5.74) is 6.09. The van der Waals surface area contributed by atoms with Gasteiger partial charge in [-0.05, 0) is 35.4 Å². The lowest BCUT2D eigenvalue weighted by Gasteiger charge is -2.23. The minimum Gasteiger partial charge on any atom is -0.388 e. The average molecular weight is 316 g/mol. The van der Waals surface area contributed by atoms with Crippen LogP contribution in [-0.4, -0.2) is 11.7 Å². The normalized spacial score (nSPS) is 14.0. The van der Waals surface area contributed by atoms with Crippen molar-refractivity contribution in [3.63, 3.8) is 0 Å². The fourth-order valence-electron chi connectivity index (χ4n) is 2.21.